The highest BCUT2D eigenvalue weighted by atomic mass is 35.5. The molecule has 76 valence electrons. The van der Waals surface area contributed by atoms with Gasteiger partial charge in [-0.1, -0.05) is 0 Å². The highest BCUT2D eigenvalue weighted by Gasteiger charge is 2.15. The summed E-state index contributed by atoms with van der Waals surface area (Å²) in [5, 5.41) is 1.90. The van der Waals surface area contributed by atoms with Crippen LogP contribution in [0.25, 0.3) is 4.96 Å². The predicted octanol–water partition coefficient (Wildman–Crippen LogP) is 1.27. The molecule has 4 nitrogen and oxygen atoms in total. The van der Waals surface area contributed by atoms with Crippen LogP contribution in [0.1, 0.15) is 16.2 Å². The average molecular weight is 232 g/mol. The second-order valence-electron chi connectivity index (χ2n) is 2.73. The first-order valence-corrected chi connectivity index (χ1v) is 4.77. The minimum absolute atomic E-state index is 0. The number of aromatic nitrogens is 2. The summed E-state index contributed by atoms with van der Waals surface area (Å²) in [5.41, 5.74) is 6.67. The minimum atomic E-state index is -0.0663. The molecule has 0 aliphatic heterocycles. The number of imidazole rings is 1. The molecule has 0 amide bonds. The molecule has 0 unspecified atom stereocenters. The zero-order valence-electron chi connectivity index (χ0n) is 7.56. The molecule has 2 aromatic rings. The summed E-state index contributed by atoms with van der Waals surface area (Å²) in [5.74, 6) is -0.0663. The van der Waals surface area contributed by atoms with Gasteiger partial charge in [0.2, 0.25) is 0 Å². The Bertz CT molecular complexity index is 462. The number of hydrogen-bond donors (Lipinski definition) is 1. The number of fused-ring (bicyclic) bond motifs is 1. The lowest BCUT2D eigenvalue weighted by Crippen LogP contribution is -2.16. The van der Waals surface area contributed by atoms with Crippen LogP contribution in [0.15, 0.2) is 11.6 Å². The molecule has 0 spiro atoms. The van der Waals surface area contributed by atoms with Crippen molar-refractivity contribution < 1.29 is 4.79 Å². The second-order valence-corrected chi connectivity index (χ2v) is 3.60. The van der Waals surface area contributed by atoms with Gasteiger partial charge in [-0.3, -0.25) is 9.20 Å². The van der Waals surface area contributed by atoms with Crippen molar-refractivity contribution in [1.29, 1.82) is 0 Å². The number of aryl methyl sites for hydroxylation is 1. The quantitative estimate of drug-likeness (QED) is 0.792. The maximum Gasteiger partial charge on any atom is 0.194 e. The number of nitrogens with zero attached hydrogens (tertiary/aromatic N) is 2. The van der Waals surface area contributed by atoms with Crippen molar-refractivity contribution in [2.75, 3.05) is 6.54 Å². The molecule has 2 N–H and O–H groups in total. The number of carbonyl (C=O) groups excluding carboxylic acids is 1. The molecule has 2 aromatic heterocycles. The normalized spacial score (nSPS) is 10.1. The zero-order valence-corrected chi connectivity index (χ0v) is 9.19. The van der Waals surface area contributed by atoms with Crippen molar-refractivity contribution in [2.45, 2.75) is 6.92 Å². The summed E-state index contributed by atoms with van der Waals surface area (Å²) in [7, 11) is 0. The Labute approximate surface area is 91.2 Å². The van der Waals surface area contributed by atoms with Crippen LogP contribution in [0.5, 0.6) is 0 Å². The zero-order chi connectivity index (χ0) is 9.42. The molecule has 0 bridgehead atoms. The van der Waals surface area contributed by atoms with E-state index in [1.165, 1.54) is 11.3 Å². The topological polar surface area (TPSA) is 60.4 Å². The van der Waals surface area contributed by atoms with Gasteiger partial charge in [-0.15, -0.1) is 23.7 Å². The largest absolute Gasteiger partial charge is 0.324 e. The lowest BCUT2D eigenvalue weighted by atomic mass is 10.2. The Morgan fingerprint density at radius 3 is 3.07 bits per heavy atom. The van der Waals surface area contributed by atoms with Crippen LogP contribution in [-0.4, -0.2) is 21.7 Å². The van der Waals surface area contributed by atoms with E-state index in [9.17, 15) is 4.79 Å². The van der Waals surface area contributed by atoms with E-state index in [1.54, 1.807) is 4.40 Å². The monoisotopic (exact) mass is 231 g/mol. The molecule has 0 radical (unpaired) electrons. The summed E-state index contributed by atoms with van der Waals surface area (Å²) >= 11 is 1.51. The smallest absolute Gasteiger partial charge is 0.194 e. The second kappa shape index (κ2) is 4.08. The summed E-state index contributed by atoms with van der Waals surface area (Å²) in [6, 6.07) is 0. The van der Waals surface area contributed by atoms with Gasteiger partial charge in [0.15, 0.2) is 10.7 Å². The van der Waals surface area contributed by atoms with E-state index >= 15 is 0 Å². The fraction of sp³-hybridized carbons (Fsp3) is 0.250. The van der Waals surface area contributed by atoms with Crippen LogP contribution in [0.4, 0.5) is 0 Å². The summed E-state index contributed by atoms with van der Waals surface area (Å²) in [6.45, 7) is 1.85. The van der Waals surface area contributed by atoms with Gasteiger partial charge in [-0.25, -0.2) is 4.98 Å². The van der Waals surface area contributed by atoms with E-state index < -0.39 is 0 Å². The van der Waals surface area contributed by atoms with E-state index in [1.807, 2.05) is 18.5 Å². The van der Waals surface area contributed by atoms with Crippen LogP contribution in [-0.2, 0) is 0 Å². The Morgan fingerprint density at radius 1 is 1.71 bits per heavy atom. The molecule has 0 aliphatic rings. The van der Waals surface area contributed by atoms with E-state index in [2.05, 4.69) is 4.98 Å². The third kappa shape index (κ3) is 1.54. The van der Waals surface area contributed by atoms with Crippen LogP contribution in [0.3, 0.4) is 0 Å². The number of hydrogen-bond acceptors (Lipinski definition) is 4. The third-order valence-corrected chi connectivity index (χ3v) is 2.64. The molecular formula is C8H10ClN3OS. The van der Waals surface area contributed by atoms with E-state index in [-0.39, 0.29) is 24.7 Å². The highest BCUT2D eigenvalue weighted by molar-refractivity contribution is 7.15. The first-order chi connectivity index (χ1) is 6.24. The van der Waals surface area contributed by atoms with Crippen molar-refractivity contribution in [2.24, 2.45) is 5.73 Å². The van der Waals surface area contributed by atoms with Crippen molar-refractivity contribution in [3.8, 4) is 0 Å². The Morgan fingerprint density at radius 2 is 2.43 bits per heavy atom. The predicted molar refractivity (Wildman–Crippen MR) is 58.4 cm³/mol. The fourth-order valence-electron chi connectivity index (χ4n) is 1.33. The highest BCUT2D eigenvalue weighted by Crippen LogP contribution is 2.16. The maximum atomic E-state index is 11.4. The van der Waals surface area contributed by atoms with Crippen molar-refractivity contribution in [3.63, 3.8) is 0 Å². The summed E-state index contributed by atoms with van der Waals surface area (Å²) < 4.78 is 1.79. The van der Waals surface area contributed by atoms with Gasteiger partial charge in [-0.05, 0) is 6.92 Å². The van der Waals surface area contributed by atoms with Gasteiger partial charge in [0.05, 0.1) is 12.2 Å². The number of nitrogens with two attached hydrogens (primary N) is 1. The van der Waals surface area contributed by atoms with Gasteiger partial charge in [0.1, 0.15) is 5.69 Å². The molecule has 6 heteroatoms. The summed E-state index contributed by atoms with van der Waals surface area (Å²) in [6.07, 6.45) is 1.84. The van der Waals surface area contributed by atoms with E-state index in [0.717, 1.165) is 10.7 Å². The van der Waals surface area contributed by atoms with Crippen molar-refractivity contribution >= 4 is 34.5 Å². The maximum absolute atomic E-state index is 11.4. The number of thiazole rings is 1. The van der Waals surface area contributed by atoms with Gasteiger partial charge in [-0.2, -0.15) is 0 Å². The van der Waals surface area contributed by atoms with Crippen LogP contribution in [0.2, 0.25) is 0 Å². The molecular weight excluding hydrogens is 222 g/mol. The first-order valence-electron chi connectivity index (χ1n) is 3.89. The Balaban J connectivity index is 0.000000980. The average Bonchev–Trinajstić information content (AvgIpc) is 2.62. The summed E-state index contributed by atoms with van der Waals surface area (Å²) in [4.78, 5) is 16.5. The fourth-order valence-corrected chi connectivity index (χ4v) is 2.09. The number of halogens is 1. The third-order valence-electron chi connectivity index (χ3n) is 1.89. The van der Waals surface area contributed by atoms with Crippen LogP contribution in [0, 0.1) is 6.92 Å². The van der Waals surface area contributed by atoms with Gasteiger partial charge in [0, 0.05) is 11.6 Å². The lowest BCUT2D eigenvalue weighted by molar-refractivity contribution is 0.0995. The molecule has 2 rings (SSSR count). The van der Waals surface area contributed by atoms with Crippen molar-refractivity contribution in [3.05, 3.63) is 23.0 Å². The molecule has 0 saturated heterocycles. The number of ketones is 1. The molecule has 0 fully saturated rings. The van der Waals surface area contributed by atoms with Gasteiger partial charge in [0.25, 0.3) is 0 Å². The molecule has 0 aromatic carbocycles. The Kier molecular flexibility index (Phi) is 3.25. The standard InChI is InChI=1S/C8H9N3OS.ClH/c1-5-7(6(12)4-9)11-2-3-13-8(11)10-5;/h2-3H,4,9H2,1H3;1H. The minimum Gasteiger partial charge on any atom is -0.324 e. The number of Topliss-reactive ketones (excluding diaryl/α,β-unsaturated/α-hetero) is 1. The van der Waals surface area contributed by atoms with Crippen LogP contribution >= 0.6 is 23.7 Å². The molecule has 0 aliphatic carbocycles. The molecule has 0 atom stereocenters. The van der Waals surface area contributed by atoms with Gasteiger partial charge >= 0.3 is 0 Å². The Hall–Kier alpha value is -0.910. The van der Waals surface area contributed by atoms with E-state index in [4.69, 9.17) is 5.73 Å². The number of carbonyl (C=O) groups is 1. The SMILES string of the molecule is Cc1nc2sccn2c1C(=O)CN.Cl. The molecule has 2 heterocycles. The molecule has 14 heavy (non-hydrogen) atoms. The number of rotatable bonds is 2. The first kappa shape index (κ1) is 11.2. The van der Waals surface area contributed by atoms with E-state index in [0.29, 0.717) is 5.69 Å². The van der Waals surface area contributed by atoms with Crippen LogP contribution < -0.4 is 5.73 Å². The molecule has 0 saturated carbocycles. The van der Waals surface area contributed by atoms with Gasteiger partial charge < -0.3 is 5.73 Å². The van der Waals surface area contributed by atoms with Crippen molar-refractivity contribution in [1.82, 2.24) is 9.38 Å². The lowest BCUT2D eigenvalue weighted by Gasteiger charge is -1.95.